The average molecular weight is 419 g/mol. The SMILES string of the molecule is O=C1C(=C(O)c2ccc(N(c3ccccc3)c3ccccc3)cc2)COc2ccccc21. The molecule has 32 heavy (non-hydrogen) atoms. The smallest absolute Gasteiger partial charge is 0.199 e. The molecule has 4 aromatic rings. The molecule has 1 heterocycles. The molecule has 0 saturated carbocycles. The molecule has 0 atom stereocenters. The third-order valence-electron chi connectivity index (χ3n) is 5.49. The first-order valence-corrected chi connectivity index (χ1v) is 10.4. The average Bonchev–Trinajstić information content (AvgIpc) is 2.86. The van der Waals surface area contributed by atoms with Gasteiger partial charge < -0.3 is 14.7 Å². The van der Waals surface area contributed by atoms with E-state index >= 15 is 0 Å². The van der Waals surface area contributed by atoms with Gasteiger partial charge in [0.2, 0.25) is 0 Å². The molecule has 4 aromatic carbocycles. The Morgan fingerprint density at radius 3 is 1.84 bits per heavy atom. The van der Waals surface area contributed by atoms with Gasteiger partial charge >= 0.3 is 0 Å². The van der Waals surface area contributed by atoms with Crippen molar-refractivity contribution in [2.45, 2.75) is 0 Å². The number of ether oxygens (including phenoxy) is 1. The fourth-order valence-corrected chi connectivity index (χ4v) is 3.88. The van der Waals surface area contributed by atoms with Crippen molar-refractivity contribution >= 4 is 28.6 Å². The lowest BCUT2D eigenvalue weighted by Crippen LogP contribution is -2.20. The molecular weight excluding hydrogens is 398 g/mol. The van der Waals surface area contributed by atoms with E-state index < -0.39 is 0 Å². The number of aliphatic hydroxyl groups is 1. The Bertz CT molecular complexity index is 1240. The van der Waals surface area contributed by atoms with E-state index in [1.165, 1.54) is 0 Å². The van der Waals surface area contributed by atoms with Gasteiger partial charge in [-0.2, -0.15) is 0 Å². The maximum absolute atomic E-state index is 12.9. The molecule has 4 nitrogen and oxygen atoms in total. The maximum Gasteiger partial charge on any atom is 0.199 e. The Hall–Kier alpha value is -4.31. The zero-order valence-electron chi connectivity index (χ0n) is 17.3. The number of para-hydroxylation sites is 3. The van der Waals surface area contributed by atoms with Crippen LogP contribution in [0.4, 0.5) is 17.1 Å². The molecule has 1 aliphatic heterocycles. The van der Waals surface area contributed by atoms with E-state index in [2.05, 4.69) is 29.2 Å². The van der Waals surface area contributed by atoms with Gasteiger partial charge in [-0.25, -0.2) is 0 Å². The first kappa shape index (κ1) is 19.6. The number of nitrogens with zero attached hydrogens (tertiary/aromatic N) is 1. The minimum atomic E-state index is -0.205. The fourth-order valence-electron chi connectivity index (χ4n) is 3.88. The minimum absolute atomic E-state index is 0.0452. The van der Waals surface area contributed by atoms with Crippen molar-refractivity contribution in [2.24, 2.45) is 0 Å². The van der Waals surface area contributed by atoms with Crippen LogP contribution in [0.1, 0.15) is 15.9 Å². The summed E-state index contributed by atoms with van der Waals surface area (Å²) in [5.74, 6) is 0.288. The largest absolute Gasteiger partial charge is 0.507 e. The zero-order valence-corrected chi connectivity index (χ0v) is 17.3. The second-order valence-electron chi connectivity index (χ2n) is 7.49. The highest BCUT2D eigenvalue weighted by molar-refractivity contribution is 6.15. The number of carbonyl (C=O) groups excluding carboxylic acids is 1. The Kier molecular flexibility index (Phi) is 5.18. The Balaban J connectivity index is 1.51. The highest BCUT2D eigenvalue weighted by Gasteiger charge is 2.26. The molecule has 1 aliphatic rings. The summed E-state index contributed by atoms with van der Waals surface area (Å²) in [6, 6.07) is 34.8. The number of rotatable bonds is 4. The summed E-state index contributed by atoms with van der Waals surface area (Å²) in [5, 5.41) is 10.9. The van der Waals surface area contributed by atoms with Crippen molar-refractivity contribution < 1.29 is 14.6 Å². The lowest BCUT2D eigenvalue weighted by Gasteiger charge is -2.25. The Morgan fingerprint density at radius 2 is 1.22 bits per heavy atom. The Labute approximate surface area is 186 Å². The molecule has 1 N–H and O–H groups in total. The molecule has 0 aromatic heterocycles. The zero-order chi connectivity index (χ0) is 21.9. The van der Waals surface area contributed by atoms with Crippen molar-refractivity contribution in [1.82, 2.24) is 0 Å². The number of ketones is 1. The van der Waals surface area contributed by atoms with Crippen LogP contribution in [0.15, 0.2) is 115 Å². The summed E-state index contributed by atoms with van der Waals surface area (Å²) in [7, 11) is 0. The first-order valence-electron chi connectivity index (χ1n) is 10.4. The van der Waals surface area contributed by atoms with Crippen LogP contribution in [-0.2, 0) is 0 Å². The molecule has 0 radical (unpaired) electrons. The summed E-state index contributed by atoms with van der Waals surface area (Å²) in [6.07, 6.45) is 0. The molecule has 0 spiro atoms. The van der Waals surface area contributed by atoms with Crippen molar-refractivity contribution in [3.05, 3.63) is 126 Å². The number of anilines is 3. The molecule has 5 rings (SSSR count). The molecule has 4 heteroatoms. The molecule has 0 saturated heterocycles. The summed E-state index contributed by atoms with van der Waals surface area (Å²) in [5.41, 5.74) is 4.31. The summed E-state index contributed by atoms with van der Waals surface area (Å²) in [4.78, 5) is 15.0. The van der Waals surface area contributed by atoms with Gasteiger partial charge in [0.1, 0.15) is 18.1 Å². The molecule has 0 fully saturated rings. The van der Waals surface area contributed by atoms with Crippen LogP contribution in [0.3, 0.4) is 0 Å². The predicted octanol–water partition coefficient (Wildman–Crippen LogP) is 6.70. The summed E-state index contributed by atoms with van der Waals surface area (Å²) in [6.45, 7) is 0.0452. The van der Waals surface area contributed by atoms with E-state index in [9.17, 15) is 9.90 Å². The molecule has 0 bridgehead atoms. The number of fused-ring (bicyclic) bond motifs is 1. The predicted molar refractivity (Wildman–Crippen MR) is 127 cm³/mol. The van der Waals surface area contributed by atoms with E-state index in [0.717, 1.165) is 17.1 Å². The van der Waals surface area contributed by atoms with Crippen LogP contribution < -0.4 is 9.64 Å². The van der Waals surface area contributed by atoms with Gasteiger partial charge in [0, 0.05) is 22.6 Å². The fraction of sp³-hybridized carbons (Fsp3) is 0.0357. The van der Waals surface area contributed by atoms with Crippen molar-refractivity contribution in [3.8, 4) is 5.75 Å². The molecule has 0 unspecified atom stereocenters. The molecule has 0 aliphatic carbocycles. The number of Topliss-reactive ketones (excluding diaryl/α,β-unsaturated/α-hetero) is 1. The monoisotopic (exact) mass is 419 g/mol. The van der Waals surface area contributed by atoms with E-state index in [1.807, 2.05) is 66.7 Å². The number of benzene rings is 4. The van der Waals surface area contributed by atoms with E-state index in [0.29, 0.717) is 16.9 Å². The van der Waals surface area contributed by atoms with Gasteiger partial charge in [0.05, 0.1) is 11.1 Å². The van der Waals surface area contributed by atoms with Gasteiger partial charge in [-0.1, -0.05) is 48.5 Å². The molecular formula is C28H21NO3. The number of hydrogen-bond acceptors (Lipinski definition) is 4. The van der Waals surface area contributed by atoms with E-state index in [-0.39, 0.29) is 23.7 Å². The normalized spacial score (nSPS) is 14.3. The lowest BCUT2D eigenvalue weighted by molar-refractivity contribution is 0.0997. The second kappa shape index (κ2) is 8.44. The van der Waals surface area contributed by atoms with Crippen LogP contribution in [0, 0.1) is 0 Å². The number of aliphatic hydroxyl groups excluding tert-OH is 1. The third-order valence-corrected chi connectivity index (χ3v) is 5.49. The van der Waals surface area contributed by atoms with Gasteiger partial charge in [0.15, 0.2) is 5.78 Å². The maximum atomic E-state index is 12.9. The number of carbonyl (C=O) groups is 1. The van der Waals surface area contributed by atoms with Gasteiger partial charge in [-0.3, -0.25) is 4.79 Å². The second-order valence-corrected chi connectivity index (χ2v) is 7.49. The van der Waals surface area contributed by atoms with Gasteiger partial charge in [-0.05, 0) is 60.7 Å². The summed E-state index contributed by atoms with van der Waals surface area (Å²) >= 11 is 0. The lowest BCUT2D eigenvalue weighted by atomic mass is 9.97. The Morgan fingerprint density at radius 1 is 0.688 bits per heavy atom. The van der Waals surface area contributed by atoms with E-state index in [1.54, 1.807) is 18.2 Å². The van der Waals surface area contributed by atoms with Crippen LogP contribution in [0.2, 0.25) is 0 Å². The van der Waals surface area contributed by atoms with Crippen molar-refractivity contribution in [3.63, 3.8) is 0 Å². The number of hydrogen-bond donors (Lipinski definition) is 1. The minimum Gasteiger partial charge on any atom is -0.507 e. The highest BCUT2D eigenvalue weighted by atomic mass is 16.5. The third kappa shape index (κ3) is 3.63. The van der Waals surface area contributed by atoms with E-state index in [4.69, 9.17) is 4.74 Å². The quantitative estimate of drug-likeness (QED) is 0.295. The highest BCUT2D eigenvalue weighted by Crippen LogP contribution is 2.35. The van der Waals surface area contributed by atoms with Crippen molar-refractivity contribution in [1.29, 1.82) is 0 Å². The first-order chi connectivity index (χ1) is 15.7. The molecule has 156 valence electrons. The molecule has 0 amide bonds. The van der Waals surface area contributed by atoms with Crippen LogP contribution in [-0.4, -0.2) is 17.5 Å². The van der Waals surface area contributed by atoms with Crippen molar-refractivity contribution in [2.75, 3.05) is 11.5 Å². The summed E-state index contributed by atoms with van der Waals surface area (Å²) < 4.78 is 5.68. The van der Waals surface area contributed by atoms with Crippen LogP contribution in [0.5, 0.6) is 5.75 Å². The van der Waals surface area contributed by atoms with Crippen LogP contribution in [0.25, 0.3) is 5.76 Å². The topological polar surface area (TPSA) is 49.8 Å². The van der Waals surface area contributed by atoms with Crippen LogP contribution >= 0.6 is 0 Å². The standard InChI is InChI=1S/C28H21NO3/c30-27(25-19-32-26-14-8-7-13-24(26)28(25)31)20-15-17-23(18-16-20)29(21-9-3-1-4-10-21)22-11-5-2-6-12-22/h1-18,30H,19H2. The van der Waals surface area contributed by atoms with Gasteiger partial charge in [0.25, 0.3) is 0 Å². The van der Waals surface area contributed by atoms with Gasteiger partial charge in [-0.15, -0.1) is 0 Å².